The normalized spacial score (nSPS) is 12.7. The molecule has 0 fully saturated rings. The van der Waals surface area contributed by atoms with Gasteiger partial charge in [0.2, 0.25) is 5.91 Å². The summed E-state index contributed by atoms with van der Waals surface area (Å²) in [6.45, 7) is 8.61. The van der Waals surface area contributed by atoms with E-state index < -0.39 is 35.3 Å². The topological polar surface area (TPSA) is 67.4 Å². The van der Waals surface area contributed by atoms with Gasteiger partial charge < -0.3 is 15.4 Å². The third kappa shape index (κ3) is 6.22. The van der Waals surface area contributed by atoms with Crippen LogP contribution in [-0.4, -0.2) is 23.6 Å². The highest BCUT2D eigenvalue weighted by Gasteiger charge is 2.27. The molecule has 1 aromatic carbocycles. The molecular formula is C16H22F2N2O3. The Morgan fingerprint density at radius 1 is 1.13 bits per heavy atom. The molecule has 7 heteroatoms. The molecule has 5 nitrogen and oxygen atoms in total. The van der Waals surface area contributed by atoms with Crippen molar-refractivity contribution in [3.8, 4) is 0 Å². The van der Waals surface area contributed by atoms with E-state index >= 15 is 0 Å². The van der Waals surface area contributed by atoms with Crippen molar-refractivity contribution >= 4 is 17.7 Å². The molecule has 0 aliphatic carbocycles. The van der Waals surface area contributed by atoms with Crippen molar-refractivity contribution in [2.75, 3.05) is 5.32 Å². The molecule has 0 aromatic heterocycles. The predicted octanol–water partition coefficient (Wildman–Crippen LogP) is 3.45. The van der Waals surface area contributed by atoms with Gasteiger partial charge in [-0.05, 0) is 38.8 Å². The van der Waals surface area contributed by atoms with Crippen molar-refractivity contribution in [2.45, 2.75) is 46.3 Å². The molecule has 0 radical (unpaired) electrons. The maximum atomic E-state index is 13.2. The summed E-state index contributed by atoms with van der Waals surface area (Å²) in [6, 6.07) is 2.15. The number of carbonyl (C=O) groups is 2. The zero-order chi connectivity index (χ0) is 17.8. The molecule has 2 N–H and O–H groups in total. The van der Waals surface area contributed by atoms with Crippen LogP contribution < -0.4 is 10.6 Å². The minimum atomic E-state index is -1.07. The van der Waals surface area contributed by atoms with Crippen molar-refractivity contribution in [2.24, 2.45) is 5.92 Å². The minimum absolute atomic E-state index is 0.102. The number of carbonyl (C=O) groups excluding carboxylic acids is 2. The van der Waals surface area contributed by atoms with Crippen molar-refractivity contribution in [3.05, 3.63) is 29.8 Å². The molecular weight excluding hydrogens is 306 g/mol. The van der Waals surface area contributed by atoms with Crippen LogP contribution in [0.2, 0.25) is 0 Å². The zero-order valence-electron chi connectivity index (χ0n) is 13.9. The van der Waals surface area contributed by atoms with Gasteiger partial charge in [-0.25, -0.2) is 13.6 Å². The van der Waals surface area contributed by atoms with E-state index in [-0.39, 0.29) is 11.6 Å². The van der Waals surface area contributed by atoms with Crippen molar-refractivity contribution in [1.29, 1.82) is 0 Å². The Morgan fingerprint density at radius 3 is 2.22 bits per heavy atom. The highest BCUT2D eigenvalue weighted by molar-refractivity contribution is 5.96. The fraction of sp³-hybridized carbons (Fsp3) is 0.500. The van der Waals surface area contributed by atoms with Gasteiger partial charge in [0.1, 0.15) is 11.6 Å². The summed E-state index contributed by atoms with van der Waals surface area (Å²) in [7, 11) is 0. The third-order valence-corrected chi connectivity index (χ3v) is 2.81. The number of nitrogens with one attached hydrogen (secondary N) is 2. The maximum Gasteiger partial charge on any atom is 0.408 e. The standard InChI is InChI=1S/C16H22F2N2O3/c1-9(2)13(20-15(22)23-16(3,4)5)14(21)19-10-6-7-11(17)12(18)8-10/h6-9,13H,1-5H3,(H,19,21)(H,20,22). The number of alkyl carbamates (subject to hydrolysis) is 1. The Morgan fingerprint density at radius 2 is 1.74 bits per heavy atom. The molecule has 0 saturated carbocycles. The quantitative estimate of drug-likeness (QED) is 0.889. The Hall–Kier alpha value is -2.18. The molecule has 128 valence electrons. The Labute approximate surface area is 134 Å². The first-order valence-corrected chi connectivity index (χ1v) is 7.25. The molecule has 23 heavy (non-hydrogen) atoms. The lowest BCUT2D eigenvalue weighted by Gasteiger charge is -2.25. The number of hydrogen-bond donors (Lipinski definition) is 2. The number of halogens is 2. The lowest BCUT2D eigenvalue weighted by Crippen LogP contribution is -2.48. The summed E-state index contributed by atoms with van der Waals surface area (Å²) in [5.74, 6) is -2.84. The van der Waals surface area contributed by atoms with Gasteiger partial charge in [0.25, 0.3) is 0 Å². The molecule has 1 aromatic rings. The molecule has 0 aliphatic rings. The summed E-state index contributed by atoms with van der Waals surface area (Å²) < 4.78 is 31.2. The molecule has 0 heterocycles. The summed E-state index contributed by atoms with van der Waals surface area (Å²) >= 11 is 0. The lowest BCUT2D eigenvalue weighted by molar-refractivity contribution is -0.119. The number of ether oxygens (including phenoxy) is 1. The number of amides is 2. The van der Waals surface area contributed by atoms with Crippen LogP contribution in [0.5, 0.6) is 0 Å². The molecule has 1 unspecified atom stereocenters. The highest BCUT2D eigenvalue weighted by atomic mass is 19.2. The largest absolute Gasteiger partial charge is 0.444 e. The number of benzene rings is 1. The van der Waals surface area contributed by atoms with E-state index in [4.69, 9.17) is 4.74 Å². The van der Waals surface area contributed by atoms with E-state index in [9.17, 15) is 18.4 Å². The van der Waals surface area contributed by atoms with Crippen LogP contribution in [-0.2, 0) is 9.53 Å². The highest BCUT2D eigenvalue weighted by Crippen LogP contribution is 2.15. The van der Waals surface area contributed by atoms with Crippen LogP contribution in [0, 0.1) is 17.6 Å². The second kappa shape index (κ2) is 7.39. The monoisotopic (exact) mass is 328 g/mol. The lowest BCUT2D eigenvalue weighted by atomic mass is 10.0. The van der Waals surface area contributed by atoms with Crippen LogP contribution in [0.3, 0.4) is 0 Å². The van der Waals surface area contributed by atoms with Gasteiger partial charge in [-0.3, -0.25) is 4.79 Å². The number of rotatable bonds is 4. The first-order valence-electron chi connectivity index (χ1n) is 7.25. The molecule has 1 atom stereocenters. The Balaban J connectivity index is 2.78. The summed E-state index contributed by atoms with van der Waals surface area (Å²) in [5, 5.41) is 4.92. The van der Waals surface area contributed by atoms with E-state index in [1.807, 2.05) is 0 Å². The van der Waals surface area contributed by atoms with E-state index in [0.29, 0.717) is 0 Å². The number of anilines is 1. The van der Waals surface area contributed by atoms with Crippen LogP contribution in [0.15, 0.2) is 18.2 Å². The average molecular weight is 328 g/mol. The fourth-order valence-electron chi connectivity index (χ4n) is 1.76. The van der Waals surface area contributed by atoms with Gasteiger partial charge >= 0.3 is 6.09 Å². The van der Waals surface area contributed by atoms with E-state index in [2.05, 4.69) is 10.6 Å². The van der Waals surface area contributed by atoms with E-state index in [0.717, 1.165) is 12.1 Å². The second-order valence-electron chi connectivity index (χ2n) is 6.49. The third-order valence-electron chi connectivity index (χ3n) is 2.81. The SMILES string of the molecule is CC(C)C(NC(=O)OC(C)(C)C)C(=O)Nc1ccc(F)c(F)c1. The van der Waals surface area contributed by atoms with Crippen LogP contribution in [0.4, 0.5) is 19.3 Å². The number of hydrogen-bond acceptors (Lipinski definition) is 3. The predicted molar refractivity (Wildman–Crippen MR) is 83.0 cm³/mol. The average Bonchev–Trinajstić information content (AvgIpc) is 2.37. The zero-order valence-corrected chi connectivity index (χ0v) is 13.9. The van der Waals surface area contributed by atoms with Crippen molar-refractivity contribution in [1.82, 2.24) is 5.32 Å². The summed E-state index contributed by atoms with van der Waals surface area (Å²) in [6.07, 6.45) is -0.725. The van der Waals surface area contributed by atoms with Gasteiger partial charge in [0, 0.05) is 11.8 Å². The maximum absolute atomic E-state index is 13.2. The Kier molecular flexibility index (Phi) is 6.06. The summed E-state index contributed by atoms with van der Waals surface area (Å²) in [4.78, 5) is 24.1. The van der Waals surface area contributed by atoms with Crippen LogP contribution in [0.1, 0.15) is 34.6 Å². The molecule has 1 rings (SSSR count). The molecule has 0 bridgehead atoms. The van der Waals surface area contributed by atoms with Gasteiger partial charge in [-0.15, -0.1) is 0 Å². The van der Waals surface area contributed by atoms with Crippen LogP contribution in [0.25, 0.3) is 0 Å². The molecule has 0 saturated heterocycles. The fourth-order valence-corrected chi connectivity index (χ4v) is 1.76. The van der Waals surface area contributed by atoms with Gasteiger partial charge in [-0.1, -0.05) is 13.8 Å². The second-order valence-corrected chi connectivity index (χ2v) is 6.49. The minimum Gasteiger partial charge on any atom is -0.444 e. The summed E-state index contributed by atoms with van der Waals surface area (Å²) in [5.41, 5.74) is -0.590. The van der Waals surface area contributed by atoms with Crippen LogP contribution >= 0.6 is 0 Å². The van der Waals surface area contributed by atoms with E-state index in [1.165, 1.54) is 6.07 Å². The van der Waals surface area contributed by atoms with E-state index in [1.54, 1.807) is 34.6 Å². The smallest absolute Gasteiger partial charge is 0.408 e. The van der Waals surface area contributed by atoms with Gasteiger partial charge in [0.05, 0.1) is 0 Å². The first kappa shape index (κ1) is 18.9. The molecule has 2 amide bonds. The van der Waals surface area contributed by atoms with Gasteiger partial charge in [-0.2, -0.15) is 0 Å². The molecule has 0 spiro atoms. The van der Waals surface area contributed by atoms with Gasteiger partial charge in [0.15, 0.2) is 11.6 Å². The first-order chi connectivity index (χ1) is 10.5. The van der Waals surface area contributed by atoms with Crippen molar-refractivity contribution < 1.29 is 23.1 Å². The van der Waals surface area contributed by atoms with Crippen molar-refractivity contribution in [3.63, 3.8) is 0 Å². The Bertz CT molecular complexity index is 583. The molecule has 0 aliphatic heterocycles.